The largest absolute Gasteiger partial charge is 0.352 e. The maximum absolute atomic E-state index is 12.7. The van der Waals surface area contributed by atoms with Gasteiger partial charge in [0, 0.05) is 32.6 Å². The minimum Gasteiger partial charge on any atom is -0.352 e. The third-order valence-corrected chi connectivity index (χ3v) is 7.21. The van der Waals surface area contributed by atoms with E-state index in [-0.39, 0.29) is 15.5 Å². The average Bonchev–Trinajstić information content (AvgIpc) is 3.32. The van der Waals surface area contributed by atoms with Gasteiger partial charge < -0.3 is 9.88 Å². The van der Waals surface area contributed by atoms with Crippen molar-refractivity contribution >= 4 is 39.7 Å². The predicted octanol–water partition coefficient (Wildman–Crippen LogP) is 2.37. The first-order chi connectivity index (χ1) is 13.3. The summed E-state index contributed by atoms with van der Waals surface area (Å²) in [4.78, 5) is 12.6. The Labute approximate surface area is 173 Å². The lowest BCUT2D eigenvalue weighted by molar-refractivity contribution is 0.0954. The number of carbonyl (C=O) groups is 1. The zero-order valence-electron chi connectivity index (χ0n) is 15.4. The third-order valence-electron chi connectivity index (χ3n) is 4.67. The number of amides is 1. The summed E-state index contributed by atoms with van der Waals surface area (Å²) < 4.78 is 29.3. The molecule has 1 aliphatic rings. The summed E-state index contributed by atoms with van der Waals surface area (Å²) in [6.07, 6.45) is 2.17. The van der Waals surface area contributed by atoms with E-state index in [1.165, 1.54) is 22.5 Å². The van der Waals surface area contributed by atoms with E-state index in [9.17, 15) is 13.2 Å². The van der Waals surface area contributed by atoms with Crippen LogP contribution in [0.2, 0.25) is 5.02 Å². The number of aromatic nitrogens is 3. The summed E-state index contributed by atoms with van der Waals surface area (Å²) in [7, 11) is -3.62. The SMILES string of the molecule is CCn1c(CCNC(=O)c2cc(S(=O)(=O)N3CCCC3)ccc2Cl)n[nH]c1=S. The van der Waals surface area contributed by atoms with Crippen molar-refractivity contribution in [1.82, 2.24) is 24.4 Å². The standard InChI is InChI=1S/C17H22ClN5O3S2/c1-2-23-15(20-21-17(23)27)7-8-19-16(24)13-11-12(5-6-14(13)18)28(25,26)22-9-3-4-10-22/h5-6,11H,2-4,7-10H2,1H3,(H,19,24)(H,21,27). The number of aromatic amines is 1. The monoisotopic (exact) mass is 443 g/mol. The molecule has 1 aromatic carbocycles. The minimum absolute atomic E-state index is 0.0795. The highest BCUT2D eigenvalue weighted by atomic mass is 35.5. The van der Waals surface area contributed by atoms with Crippen LogP contribution in [0, 0.1) is 4.77 Å². The van der Waals surface area contributed by atoms with Crippen LogP contribution < -0.4 is 5.32 Å². The Balaban J connectivity index is 1.72. The fourth-order valence-corrected chi connectivity index (χ4v) is 5.19. The van der Waals surface area contributed by atoms with Crippen molar-refractivity contribution in [3.63, 3.8) is 0 Å². The fraction of sp³-hybridized carbons (Fsp3) is 0.471. The van der Waals surface area contributed by atoms with Crippen molar-refractivity contribution in [3.05, 3.63) is 39.4 Å². The first-order valence-electron chi connectivity index (χ1n) is 9.06. The third kappa shape index (κ3) is 4.29. The molecule has 2 aromatic rings. The Hall–Kier alpha value is -1.75. The average molecular weight is 444 g/mol. The van der Waals surface area contributed by atoms with Crippen LogP contribution in [0.25, 0.3) is 0 Å². The molecule has 1 aliphatic heterocycles. The van der Waals surface area contributed by atoms with Gasteiger partial charge in [0.2, 0.25) is 10.0 Å². The second-order valence-corrected chi connectivity index (χ2v) is 9.18. The maximum atomic E-state index is 12.7. The van der Waals surface area contributed by atoms with Crippen LogP contribution in [0.1, 0.15) is 35.9 Å². The summed E-state index contributed by atoms with van der Waals surface area (Å²) in [5.74, 6) is 0.310. The molecular weight excluding hydrogens is 422 g/mol. The second-order valence-electron chi connectivity index (χ2n) is 6.45. The van der Waals surface area contributed by atoms with Gasteiger partial charge in [-0.3, -0.25) is 9.89 Å². The Kier molecular flexibility index (Phi) is 6.54. The molecule has 0 aliphatic carbocycles. The first kappa shape index (κ1) is 21.0. The van der Waals surface area contributed by atoms with E-state index in [1.54, 1.807) is 0 Å². The molecule has 3 rings (SSSR count). The Bertz CT molecular complexity index is 1030. The number of nitrogens with zero attached hydrogens (tertiary/aromatic N) is 3. The van der Waals surface area contributed by atoms with Gasteiger partial charge in [-0.2, -0.15) is 9.40 Å². The van der Waals surface area contributed by atoms with Gasteiger partial charge in [0.15, 0.2) is 4.77 Å². The number of rotatable bonds is 7. The lowest BCUT2D eigenvalue weighted by atomic mass is 10.2. The number of benzene rings is 1. The van der Waals surface area contributed by atoms with Gasteiger partial charge in [0.25, 0.3) is 5.91 Å². The van der Waals surface area contributed by atoms with Crippen molar-refractivity contribution in [2.75, 3.05) is 19.6 Å². The minimum atomic E-state index is -3.62. The smallest absolute Gasteiger partial charge is 0.252 e. The molecule has 0 spiro atoms. The number of H-pyrrole nitrogens is 1. The van der Waals surface area contributed by atoms with Crippen LogP contribution in [0.4, 0.5) is 0 Å². The number of hydrogen-bond donors (Lipinski definition) is 2. The molecule has 152 valence electrons. The van der Waals surface area contributed by atoms with E-state index >= 15 is 0 Å². The molecule has 1 fully saturated rings. The van der Waals surface area contributed by atoms with Crippen LogP contribution >= 0.6 is 23.8 Å². The lowest BCUT2D eigenvalue weighted by Crippen LogP contribution is -2.29. The van der Waals surface area contributed by atoms with Crippen molar-refractivity contribution < 1.29 is 13.2 Å². The quantitative estimate of drug-likeness (QED) is 0.640. The molecule has 1 amide bonds. The number of halogens is 1. The molecular formula is C17H22ClN5O3S2. The van der Waals surface area contributed by atoms with E-state index in [2.05, 4.69) is 15.5 Å². The molecule has 0 atom stereocenters. The zero-order valence-corrected chi connectivity index (χ0v) is 17.8. The molecule has 8 nitrogen and oxygen atoms in total. The van der Waals surface area contributed by atoms with E-state index < -0.39 is 15.9 Å². The van der Waals surface area contributed by atoms with Crippen LogP contribution in [0.3, 0.4) is 0 Å². The number of sulfonamides is 1. The van der Waals surface area contributed by atoms with Crippen LogP contribution in [-0.4, -0.2) is 53.0 Å². The molecule has 2 heterocycles. The number of carbonyl (C=O) groups excluding carboxylic acids is 1. The normalized spacial score (nSPS) is 15.1. The molecule has 1 saturated heterocycles. The molecule has 2 N–H and O–H groups in total. The predicted molar refractivity (Wildman–Crippen MR) is 109 cm³/mol. The van der Waals surface area contributed by atoms with Gasteiger partial charge >= 0.3 is 0 Å². The first-order valence-corrected chi connectivity index (χ1v) is 11.3. The lowest BCUT2D eigenvalue weighted by Gasteiger charge is -2.16. The highest BCUT2D eigenvalue weighted by molar-refractivity contribution is 7.89. The Morgan fingerprint density at radius 1 is 1.36 bits per heavy atom. The van der Waals surface area contributed by atoms with E-state index in [1.807, 2.05) is 11.5 Å². The number of hydrogen-bond acceptors (Lipinski definition) is 5. The summed E-state index contributed by atoms with van der Waals surface area (Å²) >= 11 is 11.3. The highest BCUT2D eigenvalue weighted by Crippen LogP contribution is 2.25. The van der Waals surface area contributed by atoms with Crippen LogP contribution in [-0.2, 0) is 23.0 Å². The van der Waals surface area contributed by atoms with E-state index in [0.29, 0.717) is 37.4 Å². The van der Waals surface area contributed by atoms with Gasteiger partial charge in [-0.25, -0.2) is 8.42 Å². The highest BCUT2D eigenvalue weighted by Gasteiger charge is 2.28. The molecule has 0 unspecified atom stereocenters. The van der Waals surface area contributed by atoms with Crippen molar-refractivity contribution in [2.45, 2.75) is 37.6 Å². The molecule has 0 radical (unpaired) electrons. The van der Waals surface area contributed by atoms with Crippen molar-refractivity contribution in [1.29, 1.82) is 0 Å². The van der Waals surface area contributed by atoms with Gasteiger partial charge in [-0.1, -0.05) is 11.6 Å². The van der Waals surface area contributed by atoms with E-state index in [4.69, 9.17) is 23.8 Å². The summed E-state index contributed by atoms with van der Waals surface area (Å²) in [6, 6.07) is 4.22. The summed E-state index contributed by atoms with van der Waals surface area (Å²) in [5, 5.41) is 9.84. The molecule has 0 saturated carbocycles. The molecule has 1 aromatic heterocycles. The van der Waals surface area contributed by atoms with Crippen molar-refractivity contribution in [2.24, 2.45) is 0 Å². The van der Waals surface area contributed by atoms with E-state index in [0.717, 1.165) is 18.7 Å². The van der Waals surface area contributed by atoms with Gasteiger partial charge in [0.05, 0.1) is 15.5 Å². The summed E-state index contributed by atoms with van der Waals surface area (Å²) in [6.45, 7) is 3.95. The molecule has 11 heteroatoms. The molecule has 28 heavy (non-hydrogen) atoms. The van der Waals surface area contributed by atoms with Gasteiger partial charge in [-0.15, -0.1) is 0 Å². The second kappa shape index (κ2) is 8.73. The fourth-order valence-electron chi connectivity index (χ4n) is 3.17. The van der Waals surface area contributed by atoms with Crippen molar-refractivity contribution in [3.8, 4) is 0 Å². The Morgan fingerprint density at radius 3 is 2.75 bits per heavy atom. The van der Waals surface area contributed by atoms with Crippen LogP contribution in [0.15, 0.2) is 23.1 Å². The van der Waals surface area contributed by atoms with Gasteiger partial charge in [0.1, 0.15) is 5.82 Å². The Morgan fingerprint density at radius 2 is 2.07 bits per heavy atom. The maximum Gasteiger partial charge on any atom is 0.252 e. The summed E-state index contributed by atoms with van der Waals surface area (Å²) in [5.41, 5.74) is 0.135. The topological polar surface area (TPSA) is 100 Å². The zero-order chi connectivity index (χ0) is 20.3. The van der Waals surface area contributed by atoms with Crippen LogP contribution in [0.5, 0.6) is 0 Å². The molecule has 0 bridgehead atoms. The van der Waals surface area contributed by atoms with Gasteiger partial charge in [-0.05, 0) is 50.2 Å². The number of nitrogens with one attached hydrogen (secondary N) is 2.